The molecule has 1 aromatic rings. The Kier molecular flexibility index (Phi) is 11.0. The van der Waals surface area contributed by atoms with Crippen molar-refractivity contribution < 1.29 is 4.42 Å². The second-order valence-electron chi connectivity index (χ2n) is 1.94. The zero-order valence-electron chi connectivity index (χ0n) is 8.42. The molecule has 0 radical (unpaired) electrons. The van der Waals surface area contributed by atoms with E-state index in [9.17, 15) is 0 Å². The molecule has 1 aromatic heterocycles. The molecule has 0 bridgehead atoms. The van der Waals surface area contributed by atoms with E-state index < -0.39 is 0 Å². The number of furan rings is 1. The molecule has 0 amide bonds. The summed E-state index contributed by atoms with van der Waals surface area (Å²) in [5.41, 5.74) is 1.21. The summed E-state index contributed by atoms with van der Waals surface area (Å²) in [6.45, 7) is 8.11. The Morgan fingerprint density at radius 2 is 1.83 bits per heavy atom. The van der Waals surface area contributed by atoms with E-state index in [-0.39, 0.29) is 0 Å². The fourth-order valence-electron chi connectivity index (χ4n) is 0.676. The number of terminal acetylenes is 1. The average molecular weight is 166 g/mol. The van der Waals surface area contributed by atoms with Crippen LogP contribution in [-0.2, 0) is 6.42 Å². The molecule has 0 atom stereocenters. The van der Waals surface area contributed by atoms with Crippen LogP contribution in [-0.4, -0.2) is 0 Å². The van der Waals surface area contributed by atoms with Gasteiger partial charge in [-0.2, -0.15) is 0 Å². The van der Waals surface area contributed by atoms with E-state index in [2.05, 4.69) is 25.8 Å². The van der Waals surface area contributed by atoms with Crippen LogP contribution in [0.5, 0.6) is 0 Å². The lowest BCUT2D eigenvalue weighted by Gasteiger charge is -1.79. The van der Waals surface area contributed by atoms with Crippen molar-refractivity contribution in [3.63, 3.8) is 0 Å². The number of rotatable bonds is 1. The maximum atomic E-state index is 5.11. The van der Waals surface area contributed by atoms with E-state index >= 15 is 0 Å². The summed E-state index contributed by atoms with van der Waals surface area (Å²) in [4.78, 5) is 0. The van der Waals surface area contributed by atoms with Crippen LogP contribution in [0.1, 0.15) is 32.1 Å². The van der Waals surface area contributed by atoms with Crippen LogP contribution >= 0.6 is 0 Å². The monoisotopic (exact) mass is 166 g/mol. The van der Waals surface area contributed by atoms with E-state index in [1.807, 2.05) is 20.8 Å². The van der Waals surface area contributed by atoms with Crippen molar-refractivity contribution >= 4 is 0 Å². The van der Waals surface area contributed by atoms with Crippen molar-refractivity contribution in [1.82, 2.24) is 0 Å². The third-order valence-corrected chi connectivity index (χ3v) is 1.13. The van der Waals surface area contributed by atoms with Crippen LogP contribution in [0.3, 0.4) is 0 Å². The highest BCUT2D eigenvalue weighted by molar-refractivity contribution is 5.09. The highest BCUT2D eigenvalue weighted by Gasteiger charge is 1.91. The second kappa shape index (κ2) is 9.84. The lowest BCUT2D eigenvalue weighted by atomic mass is 10.3. The largest absolute Gasteiger partial charge is 0.469 e. The number of hydrogen-bond donors (Lipinski definition) is 0. The molecule has 0 aliphatic carbocycles. The maximum absolute atomic E-state index is 5.11. The normalized spacial score (nSPS) is 7.17. The van der Waals surface area contributed by atoms with Crippen LogP contribution in [0, 0.1) is 19.8 Å². The molecule has 0 unspecified atom stereocenters. The molecule has 0 aliphatic heterocycles. The Morgan fingerprint density at radius 1 is 1.33 bits per heavy atom. The molecule has 0 saturated carbocycles. The Morgan fingerprint density at radius 3 is 2.00 bits per heavy atom. The van der Waals surface area contributed by atoms with Gasteiger partial charge < -0.3 is 4.42 Å². The minimum atomic E-state index is 0.994. The zero-order valence-corrected chi connectivity index (χ0v) is 8.42. The first-order valence-electron chi connectivity index (χ1n) is 4.20. The molecule has 1 heterocycles. The molecule has 0 saturated heterocycles. The van der Waals surface area contributed by atoms with Gasteiger partial charge in [0.05, 0.1) is 6.26 Å². The van der Waals surface area contributed by atoms with Gasteiger partial charge in [-0.1, -0.05) is 20.8 Å². The van der Waals surface area contributed by atoms with Gasteiger partial charge in [-0.05, 0) is 18.6 Å². The fraction of sp³-hybridized carbons (Fsp3) is 0.455. The number of aryl methyl sites for hydroxylation is 2. The van der Waals surface area contributed by atoms with E-state index in [4.69, 9.17) is 4.42 Å². The molecule has 1 heteroatoms. The summed E-state index contributed by atoms with van der Waals surface area (Å²) >= 11 is 0. The Hall–Kier alpha value is -1.16. The number of hydrogen-bond acceptors (Lipinski definition) is 1. The minimum Gasteiger partial charge on any atom is -0.469 e. The topological polar surface area (TPSA) is 13.1 Å². The van der Waals surface area contributed by atoms with Crippen LogP contribution in [0.2, 0.25) is 0 Å². The fourth-order valence-corrected chi connectivity index (χ4v) is 0.676. The molecule has 0 spiro atoms. The second-order valence-corrected chi connectivity index (χ2v) is 1.94. The maximum Gasteiger partial charge on any atom is 0.103 e. The first-order valence-corrected chi connectivity index (χ1v) is 4.20. The highest BCUT2D eigenvalue weighted by Crippen LogP contribution is 2.05. The molecular formula is C11H18O. The van der Waals surface area contributed by atoms with E-state index in [0.29, 0.717) is 0 Å². The van der Waals surface area contributed by atoms with Crippen molar-refractivity contribution in [2.75, 3.05) is 0 Å². The minimum absolute atomic E-state index is 0.994. The van der Waals surface area contributed by atoms with Crippen molar-refractivity contribution in [3.8, 4) is 12.8 Å². The third kappa shape index (κ3) is 5.61. The molecule has 0 N–H and O–H groups in total. The van der Waals surface area contributed by atoms with Crippen LogP contribution < -0.4 is 0 Å². The summed E-state index contributed by atoms with van der Waals surface area (Å²) in [5, 5.41) is 0. The van der Waals surface area contributed by atoms with Gasteiger partial charge in [-0.3, -0.25) is 0 Å². The first kappa shape index (κ1) is 13.4. The summed E-state index contributed by atoms with van der Waals surface area (Å²) in [6, 6.07) is 2.06. The van der Waals surface area contributed by atoms with Crippen LogP contribution in [0.15, 0.2) is 16.7 Å². The molecule has 1 rings (SSSR count). The van der Waals surface area contributed by atoms with Crippen molar-refractivity contribution in [3.05, 3.63) is 23.7 Å². The van der Waals surface area contributed by atoms with Gasteiger partial charge in [0.15, 0.2) is 0 Å². The molecule has 0 aliphatic rings. The summed E-state index contributed by atoms with van der Waals surface area (Å²) in [5.74, 6) is 1.07. The van der Waals surface area contributed by atoms with Crippen LogP contribution in [0.25, 0.3) is 0 Å². The van der Waals surface area contributed by atoms with Gasteiger partial charge in [0.1, 0.15) is 5.76 Å². The van der Waals surface area contributed by atoms with Gasteiger partial charge in [0.2, 0.25) is 0 Å². The van der Waals surface area contributed by atoms with Gasteiger partial charge in [-0.15, -0.1) is 12.8 Å². The Balaban J connectivity index is 0. The molecular weight excluding hydrogens is 148 g/mol. The van der Waals surface area contributed by atoms with Gasteiger partial charge in [0, 0.05) is 6.42 Å². The first-order chi connectivity index (χ1) is 5.83. The summed E-state index contributed by atoms with van der Waals surface area (Å²) in [7, 11) is 0. The van der Waals surface area contributed by atoms with Gasteiger partial charge >= 0.3 is 0 Å². The van der Waals surface area contributed by atoms with E-state index in [1.165, 1.54) is 5.56 Å². The highest BCUT2D eigenvalue weighted by atomic mass is 16.3. The van der Waals surface area contributed by atoms with Crippen molar-refractivity contribution in [2.24, 2.45) is 0 Å². The standard InChI is InChI=1S/C7H10O.C2H6.C2H2/c1-3-7-4-6(2)5-8-7;2*1-2/h4-5H,3H2,1-2H3;1-2H3;1-2H. The molecule has 68 valence electrons. The molecule has 12 heavy (non-hydrogen) atoms. The van der Waals surface area contributed by atoms with Crippen molar-refractivity contribution in [2.45, 2.75) is 34.1 Å². The summed E-state index contributed by atoms with van der Waals surface area (Å²) < 4.78 is 5.11. The third-order valence-electron chi connectivity index (χ3n) is 1.13. The van der Waals surface area contributed by atoms with E-state index in [1.54, 1.807) is 6.26 Å². The SMILES string of the molecule is C#C.CC.CCc1cc(C)co1. The summed E-state index contributed by atoms with van der Waals surface area (Å²) in [6.07, 6.45) is 10.8. The van der Waals surface area contributed by atoms with E-state index in [0.717, 1.165) is 12.2 Å². The van der Waals surface area contributed by atoms with Gasteiger partial charge in [-0.25, -0.2) is 0 Å². The molecule has 1 nitrogen and oxygen atoms in total. The Labute approximate surface area is 75.8 Å². The molecule has 0 fully saturated rings. The predicted octanol–water partition coefficient (Wildman–Crippen LogP) is 3.43. The predicted molar refractivity (Wildman–Crippen MR) is 54.1 cm³/mol. The quantitative estimate of drug-likeness (QED) is 0.582. The van der Waals surface area contributed by atoms with Crippen LogP contribution in [0.4, 0.5) is 0 Å². The van der Waals surface area contributed by atoms with Crippen molar-refractivity contribution in [1.29, 1.82) is 0 Å². The zero-order chi connectivity index (χ0) is 9.98. The smallest absolute Gasteiger partial charge is 0.103 e. The average Bonchev–Trinajstić information content (AvgIpc) is 2.58. The van der Waals surface area contributed by atoms with Gasteiger partial charge in [0.25, 0.3) is 0 Å². The Bertz CT molecular complexity index is 196. The lowest BCUT2D eigenvalue weighted by Crippen LogP contribution is -1.67. The lowest BCUT2D eigenvalue weighted by molar-refractivity contribution is 0.515. The molecule has 0 aromatic carbocycles.